The first-order valence-corrected chi connectivity index (χ1v) is 13.6. The molecule has 1 amide bonds. The Bertz CT molecular complexity index is 1530. The second-order valence-corrected chi connectivity index (χ2v) is 11.1. The van der Waals surface area contributed by atoms with E-state index in [1.54, 1.807) is 55.5 Å². The van der Waals surface area contributed by atoms with E-state index in [0.29, 0.717) is 39.0 Å². The Morgan fingerprint density at radius 1 is 1.05 bits per heavy atom. The smallest absolute Gasteiger partial charge is 0.271 e. The molecule has 1 atom stereocenters. The van der Waals surface area contributed by atoms with Crippen molar-refractivity contribution in [2.24, 2.45) is 0 Å². The van der Waals surface area contributed by atoms with Crippen LogP contribution in [0.1, 0.15) is 24.2 Å². The molecule has 0 saturated carbocycles. The Balaban J connectivity index is 1.66. The number of rotatable bonds is 9. The number of anilines is 1. The summed E-state index contributed by atoms with van der Waals surface area (Å²) < 4.78 is 41.9. The third kappa shape index (κ3) is 5.66. The van der Waals surface area contributed by atoms with Gasteiger partial charge >= 0.3 is 0 Å². The fourth-order valence-corrected chi connectivity index (χ4v) is 5.28. The zero-order chi connectivity index (χ0) is 26.6. The molecule has 0 aliphatic rings. The van der Waals surface area contributed by atoms with E-state index in [2.05, 4.69) is 10.3 Å². The van der Waals surface area contributed by atoms with Gasteiger partial charge < -0.3 is 14.2 Å². The van der Waals surface area contributed by atoms with E-state index < -0.39 is 21.8 Å². The van der Waals surface area contributed by atoms with Crippen molar-refractivity contribution in [3.05, 3.63) is 71.8 Å². The lowest BCUT2D eigenvalue weighted by Crippen LogP contribution is -2.25. The molecular weight excluding hydrogens is 514 g/mol. The van der Waals surface area contributed by atoms with E-state index in [9.17, 15) is 13.2 Å². The van der Waals surface area contributed by atoms with Gasteiger partial charge in [-0.1, -0.05) is 30.4 Å². The van der Waals surface area contributed by atoms with Crippen molar-refractivity contribution in [1.29, 1.82) is 5.26 Å². The number of ether oxygens (including phenoxy) is 3. The Morgan fingerprint density at radius 3 is 2.30 bits per heavy atom. The van der Waals surface area contributed by atoms with Crippen LogP contribution in [0, 0.1) is 11.3 Å². The highest BCUT2D eigenvalue weighted by molar-refractivity contribution is 7.91. The molecule has 1 heterocycles. The lowest BCUT2D eigenvalue weighted by atomic mass is 10.1. The molecule has 1 unspecified atom stereocenters. The van der Waals surface area contributed by atoms with Crippen molar-refractivity contribution >= 4 is 42.4 Å². The van der Waals surface area contributed by atoms with E-state index in [-0.39, 0.29) is 10.6 Å². The topological polar surface area (TPSA) is 128 Å². The van der Waals surface area contributed by atoms with Crippen LogP contribution < -0.4 is 19.5 Å². The van der Waals surface area contributed by atoms with E-state index >= 15 is 0 Å². The number of nitrogens with one attached hydrogen (secondary N) is 1. The highest BCUT2D eigenvalue weighted by atomic mass is 32.2. The summed E-state index contributed by atoms with van der Waals surface area (Å²) in [4.78, 5) is 18.0. The van der Waals surface area contributed by atoms with Crippen LogP contribution in [0.15, 0.2) is 65.6 Å². The van der Waals surface area contributed by atoms with Crippen LogP contribution in [-0.2, 0) is 14.6 Å². The fraction of sp³-hybridized carbons (Fsp3) is 0.192. The molecule has 4 aromatic rings. The second kappa shape index (κ2) is 10.9. The molecule has 0 bridgehead atoms. The molecule has 11 heteroatoms. The Morgan fingerprint density at radius 2 is 1.70 bits per heavy atom. The molecule has 0 aliphatic heterocycles. The van der Waals surface area contributed by atoms with Crippen molar-refractivity contribution in [3.63, 3.8) is 0 Å². The molecule has 37 heavy (non-hydrogen) atoms. The maximum atomic E-state index is 13.4. The van der Waals surface area contributed by atoms with Crippen LogP contribution in [0.3, 0.4) is 0 Å². The summed E-state index contributed by atoms with van der Waals surface area (Å²) in [5.74, 6) is 0.880. The van der Waals surface area contributed by atoms with Gasteiger partial charge in [-0.15, -0.1) is 0 Å². The van der Waals surface area contributed by atoms with Gasteiger partial charge in [-0.25, -0.2) is 13.4 Å². The van der Waals surface area contributed by atoms with Gasteiger partial charge in [0.05, 0.1) is 46.7 Å². The number of hydrogen-bond donors (Lipinski definition) is 1. The molecule has 0 radical (unpaired) electrons. The lowest BCUT2D eigenvalue weighted by Gasteiger charge is -2.19. The molecule has 9 nitrogen and oxygen atoms in total. The maximum Gasteiger partial charge on any atom is 0.271 e. The Hall–Kier alpha value is -4.14. The Kier molecular flexibility index (Phi) is 7.61. The summed E-state index contributed by atoms with van der Waals surface area (Å²) in [5, 5.41) is 12.2. The van der Waals surface area contributed by atoms with Gasteiger partial charge in [-0.05, 0) is 36.4 Å². The first kappa shape index (κ1) is 25.9. The first-order valence-electron chi connectivity index (χ1n) is 11.1. The van der Waals surface area contributed by atoms with E-state index in [1.165, 1.54) is 37.7 Å². The number of nitrogens with zero attached hydrogens (tertiary/aromatic N) is 2. The molecule has 4 rings (SSSR count). The van der Waals surface area contributed by atoms with Gasteiger partial charge in [0.15, 0.2) is 26.5 Å². The minimum Gasteiger partial charge on any atom is -0.493 e. The molecule has 0 aliphatic carbocycles. The Labute approximate surface area is 218 Å². The maximum absolute atomic E-state index is 13.4. The van der Waals surface area contributed by atoms with E-state index in [1.807, 2.05) is 6.07 Å². The third-order valence-corrected chi connectivity index (χ3v) is 8.21. The summed E-state index contributed by atoms with van der Waals surface area (Å²) >= 11 is 1.26. The van der Waals surface area contributed by atoms with Gasteiger partial charge in [-0.3, -0.25) is 10.1 Å². The summed E-state index contributed by atoms with van der Waals surface area (Å²) in [6.07, 6.45) is -1.12. The highest BCUT2D eigenvalue weighted by Gasteiger charge is 2.25. The molecule has 190 valence electrons. The van der Waals surface area contributed by atoms with Crippen LogP contribution in [-0.4, -0.2) is 39.3 Å². The number of carbonyl (C=O) groups is 1. The normalized spacial score (nSPS) is 11.9. The van der Waals surface area contributed by atoms with Crippen molar-refractivity contribution in [1.82, 2.24) is 4.98 Å². The molecule has 3 aromatic carbocycles. The minimum atomic E-state index is -3.40. The van der Waals surface area contributed by atoms with Crippen molar-refractivity contribution in [2.75, 3.05) is 25.3 Å². The van der Waals surface area contributed by atoms with Gasteiger partial charge in [0.1, 0.15) is 5.75 Å². The van der Waals surface area contributed by atoms with Gasteiger partial charge in [0.2, 0.25) is 6.10 Å². The summed E-state index contributed by atoms with van der Waals surface area (Å²) in [6, 6.07) is 17.9. The number of aromatic nitrogens is 1. The zero-order valence-electron chi connectivity index (χ0n) is 20.2. The highest BCUT2D eigenvalue weighted by Crippen LogP contribution is 2.36. The van der Waals surface area contributed by atoms with Crippen molar-refractivity contribution in [2.45, 2.75) is 17.9 Å². The van der Waals surface area contributed by atoms with E-state index in [4.69, 9.17) is 19.5 Å². The van der Waals surface area contributed by atoms with Gasteiger partial charge in [-0.2, -0.15) is 5.26 Å². The monoisotopic (exact) mass is 537 g/mol. The quantitative estimate of drug-likeness (QED) is 0.324. The number of nitriles is 1. The van der Waals surface area contributed by atoms with Gasteiger partial charge in [0, 0.05) is 17.7 Å². The van der Waals surface area contributed by atoms with Crippen LogP contribution in [0.25, 0.3) is 10.2 Å². The summed E-state index contributed by atoms with van der Waals surface area (Å²) in [6.45, 7) is 1.57. The largest absolute Gasteiger partial charge is 0.493 e. The van der Waals surface area contributed by atoms with Crippen LogP contribution in [0.2, 0.25) is 0 Å². The molecule has 0 saturated heterocycles. The number of thiazole rings is 1. The van der Waals surface area contributed by atoms with Crippen LogP contribution in [0.4, 0.5) is 5.13 Å². The number of sulfone groups is 1. The minimum absolute atomic E-state index is 0.0365. The molecule has 0 spiro atoms. The average Bonchev–Trinajstić information content (AvgIpc) is 3.32. The molecule has 1 N–H and O–H groups in total. The molecule has 1 aromatic heterocycles. The number of hydrogen-bond acceptors (Lipinski definition) is 9. The number of benzene rings is 3. The third-order valence-electron chi connectivity index (χ3n) is 5.52. The first-order chi connectivity index (χ1) is 17.8. The summed E-state index contributed by atoms with van der Waals surface area (Å²) in [5.41, 5.74) is 1.51. The van der Waals surface area contributed by atoms with E-state index in [0.717, 1.165) is 4.70 Å². The number of fused-ring (bicyclic) bond motifs is 1. The number of carbonyl (C=O) groups excluding carboxylic acids is 1. The van der Waals surface area contributed by atoms with Crippen molar-refractivity contribution < 1.29 is 27.4 Å². The van der Waals surface area contributed by atoms with Gasteiger partial charge in [0.25, 0.3) is 5.91 Å². The molecular formula is C26H23N3O6S2. The number of amides is 1. The lowest BCUT2D eigenvalue weighted by molar-refractivity contribution is -0.123. The predicted octanol–water partition coefficient (Wildman–Crippen LogP) is 4.74. The van der Waals surface area contributed by atoms with Crippen LogP contribution >= 0.6 is 11.3 Å². The SMILES string of the molecule is CCS(=O)(=O)c1ccc(C(Oc2ccc(C#N)cc2)C(=O)Nc2nc3cc(OC)c(OC)cc3s2)cc1. The standard InChI is InChI=1S/C26H23N3O6S2/c1-4-37(31,32)19-11-7-17(8-12-19)24(35-18-9-5-16(15-27)6-10-18)25(30)29-26-28-20-13-21(33-2)22(34-3)14-23(20)36-26/h5-14,24H,4H2,1-3H3,(H,28,29,30). The zero-order valence-corrected chi connectivity index (χ0v) is 21.9. The number of methoxy groups -OCH3 is 2. The van der Waals surface area contributed by atoms with Crippen LogP contribution in [0.5, 0.6) is 17.2 Å². The average molecular weight is 538 g/mol. The fourth-order valence-electron chi connectivity index (χ4n) is 3.51. The predicted molar refractivity (Wildman–Crippen MR) is 140 cm³/mol. The molecule has 0 fully saturated rings. The van der Waals surface area contributed by atoms with Crippen molar-refractivity contribution in [3.8, 4) is 23.3 Å². The second-order valence-electron chi connectivity index (χ2n) is 7.79. The summed E-state index contributed by atoms with van der Waals surface area (Å²) in [7, 11) is -0.337.